The van der Waals surface area contributed by atoms with Crippen LogP contribution in [-0.2, 0) is 17.7 Å². The van der Waals surface area contributed by atoms with E-state index in [9.17, 15) is 14.4 Å². The smallest absolute Gasteiger partial charge is 0.411 e. The van der Waals surface area contributed by atoms with Gasteiger partial charge in [-0.2, -0.15) is 9.78 Å². The predicted molar refractivity (Wildman–Crippen MR) is 159 cm³/mol. The number of hydrogen-bond donors (Lipinski definition) is 1. The molecule has 0 saturated carbocycles. The largest absolute Gasteiger partial charge is 0.475 e. The van der Waals surface area contributed by atoms with Crippen molar-refractivity contribution >= 4 is 23.6 Å². The Labute approximate surface area is 246 Å². The molecule has 10 nitrogen and oxygen atoms in total. The van der Waals surface area contributed by atoms with Gasteiger partial charge in [0, 0.05) is 31.4 Å². The van der Waals surface area contributed by atoms with E-state index in [0.29, 0.717) is 48.9 Å². The number of benzene rings is 2. The minimum Gasteiger partial charge on any atom is -0.475 e. The summed E-state index contributed by atoms with van der Waals surface area (Å²) in [6, 6.07) is 14.6. The molecular formula is C32H39N5O5. The number of rotatable bonds is 9. The first-order valence-electron chi connectivity index (χ1n) is 14.9. The van der Waals surface area contributed by atoms with Gasteiger partial charge in [-0.25, -0.2) is 4.79 Å². The van der Waals surface area contributed by atoms with Gasteiger partial charge in [-0.05, 0) is 55.5 Å². The summed E-state index contributed by atoms with van der Waals surface area (Å²) in [6.07, 6.45) is 3.82. The molecule has 1 atom stereocenters. The van der Waals surface area contributed by atoms with Crippen molar-refractivity contribution in [3.63, 3.8) is 0 Å². The number of ether oxygens (including phenoxy) is 2. The van der Waals surface area contributed by atoms with Gasteiger partial charge in [-0.3, -0.25) is 14.9 Å². The van der Waals surface area contributed by atoms with E-state index in [0.717, 1.165) is 31.2 Å². The van der Waals surface area contributed by atoms with E-state index in [4.69, 9.17) is 14.6 Å². The zero-order chi connectivity index (χ0) is 29.6. The highest BCUT2D eigenvalue weighted by Gasteiger charge is 2.35. The quantitative estimate of drug-likeness (QED) is 0.365. The van der Waals surface area contributed by atoms with Gasteiger partial charge in [-0.1, -0.05) is 51.0 Å². The molecule has 0 unspecified atom stereocenters. The Hall–Kier alpha value is -4.34. The van der Waals surface area contributed by atoms with Crippen LogP contribution in [-0.4, -0.2) is 69.8 Å². The van der Waals surface area contributed by atoms with Gasteiger partial charge >= 0.3 is 6.09 Å². The van der Waals surface area contributed by atoms with Crippen LogP contribution in [0.15, 0.2) is 48.5 Å². The molecule has 2 aliphatic rings. The molecule has 2 aliphatic heterocycles. The molecule has 2 aromatic carbocycles. The molecule has 0 saturated heterocycles. The average molecular weight is 574 g/mol. The summed E-state index contributed by atoms with van der Waals surface area (Å²) in [4.78, 5) is 43.8. The first kappa shape index (κ1) is 29.2. The second kappa shape index (κ2) is 13.1. The maximum Gasteiger partial charge on any atom is 0.411 e. The zero-order valence-electron chi connectivity index (χ0n) is 24.6. The van der Waals surface area contributed by atoms with E-state index in [1.54, 1.807) is 31.2 Å². The van der Waals surface area contributed by atoms with Gasteiger partial charge in [0.25, 0.3) is 11.8 Å². The van der Waals surface area contributed by atoms with Gasteiger partial charge in [-0.15, -0.1) is 0 Å². The minimum atomic E-state index is -0.604. The normalized spacial score (nSPS) is 15.5. The third-order valence-electron chi connectivity index (χ3n) is 7.76. The molecule has 42 heavy (non-hydrogen) atoms. The fourth-order valence-corrected chi connectivity index (χ4v) is 5.48. The fraction of sp³-hybridized carbons (Fsp3) is 0.438. The number of carbonyl (C=O) groups is 3. The van der Waals surface area contributed by atoms with Crippen molar-refractivity contribution in [2.24, 2.45) is 0 Å². The van der Waals surface area contributed by atoms with Crippen molar-refractivity contribution in [2.45, 2.75) is 65.5 Å². The monoisotopic (exact) mass is 573 g/mol. The highest BCUT2D eigenvalue weighted by atomic mass is 16.5. The lowest BCUT2D eigenvalue weighted by Crippen LogP contribution is -2.47. The van der Waals surface area contributed by atoms with Crippen molar-refractivity contribution < 1.29 is 23.9 Å². The molecule has 0 fully saturated rings. The molecule has 1 N–H and O–H groups in total. The number of nitrogens with zero attached hydrogens (tertiary/aromatic N) is 4. The lowest BCUT2D eigenvalue weighted by Gasteiger charge is -2.36. The third kappa shape index (κ3) is 6.12. The number of aromatic nitrogens is 2. The van der Waals surface area contributed by atoms with Crippen LogP contribution >= 0.6 is 0 Å². The van der Waals surface area contributed by atoms with Crippen LogP contribution in [0.25, 0.3) is 5.69 Å². The van der Waals surface area contributed by atoms with Crippen LogP contribution in [0.3, 0.4) is 0 Å². The van der Waals surface area contributed by atoms with Crippen LogP contribution in [0, 0.1) is 0 Å². The van der Waals surface area contributed by atoms with E-state index in [1.807, 2.05) is 28.0 Å². The number of hydrogen-bond acceptors (Lipinski definition) is 6. The topological polar surface area (TPSA) is 106 Å². The lowest BCUT2D eigenvalue weighted by molar-refractivity contribution is 0.0569. The lowest BCUT2D eigenvalue weighted by atomic mass is 9.93. The van der Waals surface area contributed by atoms with E-state index >= 15 is 0 Å². The average Bonchev–Trinajstić information content (AvgIpc) is 3.43. The molecule has 3 aromatic rings. The van der Waals surface area contributed by atoms with Crippen molar-refractivity contribution in [2.75, 3.05) is 31.6 Å². The molecule has 0 radical (unpaired) electrons. The maximum absolute atomic E-state index is 14.3. The Balaban J connectivity index is 1.57. The van der Waals surface area contributed by atoms with Gasteiger partial charge < -0.3 is 19.3 Å². The van der Waals surface area contributed by atoms with Crippen molar-refractivity contribution in [1.82, 2.24) is 19.6 Å². The summed E-state index contributed by atoms with van der Waals surface area (Å²) in [5.74, 6) is 0.0359. The number of carbonyl (C=O) groups excluding carboxylic acids is 3. The Bertz CT molecular complexity index is 1440. The van der Waals surface area contributed by atoms with E-state index in [-0.39, 0.29) is 36.8 Å². The number of unbranched alkanes of at least 4 members (excludes halogenated alkanes) is 2. The predicted octanol–water partition coefficient (Wildman–Crippen LogP) is 5.44. The Morgan fingerprint density at radius 2 is 1.79 bits per heavy atom. The van der Waals surface area contributed by atoms with Crippen LogP contribution in [0.4, 0.5) is 10.5 Å². The first-order chi connectivity index (χ1) is 20.4. The summed E-state index contributed by atoms with van der Waals surface area (Å²) in [6.45, 7) is 8.17. The Kier molecular flexibility index (Phi) is 9.09. The highest BCUT2D eigenvalue weighted by Crippen LogP contribution is 2.32. The minimum absolute atomic E-state index is 0.153. The second-order valence-corrected chi connectivity index (χ2v) is 10.7. The van der Waals surface area contributed by atoms with Gasteiger partial charge in [0.15, 0.2) is 5.69 Å². The molecule has 0 bridgehead atoms. The molecule has 222 valence electrons. The zero-order valence-corrected chi connectivity index (χ0v) is 24.6. The second-order valence-electron chi connectivity index (χ2n) is 10.7. The molecule has 3 heterocycles. The molecular weight excluding hydrogens is 534 g/mol. The summed E-state index contributed by atoms with van der Waals surface area (Å²) in [7, 11) is 0. The molecule has 1 aromatic heterocycles. The van der Waals surface area contributed by atoms with Gasteiger partial charge in [0.05, 0.1) is 23.9 Å². The molecule has 5 rings (SSSR count). The van der Waals surface area contributed by atoms with Crippen LogP contribution in [0.5, 0.6) is 5.88 Å². The van der Waals surface area contributed by atoms with Gasteiger partial charge in [0.1, 0.15) is 6.61 Å². The first-order valence-corrected chi connectivity index (χ1v) is 14.9. The molecule has 3 amide bonds. The SMILES string of the molecule is CCCCN(CCCC)C(=O)c1cc2n(n1)-c1ccc(NC(=O)OCC)cc1C(=O)N1Cc3ccccc3C[C@H]1CO2. The van der Waals surface area contributed by atoms with Crippen molar-refractivity contribution in [1.29, 1.82) is 0 Å². The van der Waals surface area contributed by atoms with Crippen molar-refractivity contribution in [3.8, 4) is 11.6 Å². The number of anilines is 1. The highest BCUT2D eigenvalue weighted by molar-refractivity contribution is 6.00. The maximum atomic E-state index is 14.3. The fourth-order valence-electron chi connectivity index (χ4n) is 5.48. The van der Waals surface area contributed by atoms with Crippen LogP contribution in [0.1, 0.15) is 78.4 Å². The van der Waals surface area contributed by atoms with Gasteiger partial charge in [0.2, 0.25) is 5.88 Å². The van der Waals surface area contributed by atoms with Crippen LogP contribution in [0.2, 0.25) is 0 Å². The summed E-state index contributed by atoms with van der Waals surface area (Å²) in [5, 5.41) is 7.40. The number of nitrogens with one attached hydrogen (secondary N) is 1. The Morgan fingerprint density at radius 3 is 2.50 bits per heavy atom. The van der Waals surface area contributed by atoms with E-state index < -0.39 is 6.09 Å². The summed E-state index contributed by atoms with van der Waals surface area (Å²) >= 11 is 0. The molecule has 0 aliphatic carbocycles. The third-order valence-corrected chi connectivity index (χ3v) is 7.76. The van der Waals surface area contributed by atoms with E-state index in [1.165, 1.54) is 10.2 Å². The van der Waals surface area contributed by atoms with Crippen molar-refractivity contribution in [3.05, 3.63) is 70.9 Å². The summed E-state index contributed by atoms with van der Waals surface area (Å²) in [5.41, 5.74) is 3.78. The summed E-state index contributed by atoms with van der Waals surface area (Å²) < 4.78 is 12.9. The van der Waals surface area contributed by atoms with E-state index in [2.05, 4.69) is 25.2 Å². The molecule has 10 heteroatoms. The number of fused-ring (bicyclic) bond motifs is 5. The number of amides is 3. The van der Waals surface area contributed by atoms with Crippen LogP contribution < -0.4 is 10.1 Å². The Morgan fingerprint density at radius 1 is 1.05 bits per heavy atom. The molecule has 0 spiro atoms. The standard InChI is InChI=1S/C32H39N5O5/c1-4-7-15-35(16-8-5-2)31(39)27-19-29-37(34-27)28-14-13-24(33-32(40)41-6-3)18-26(28)30(38)36-20-23-12-10-9-11-22(23)17-25(36)21-42-29/h9-14,18-19,25H,4-8,15-17,20-21H2,1-3H3,(H,33,40)/t25-/m0/s1.